The summed E-state index contributed by atoms with van der Waals surface area (Å²) in [5.74, 6) is 0.884. The molecule has 0 bridgehead atoms. The Balaban J connectivity index is 2.79. The molecule has 0 spiro atoms. The number of nitrogens with zero attached hydrogens (tertiary/aromatic N) is 3. The molecule has 0 aromatic carbocycles. The molecule has 1 aromatic rings. The van der Waals surface area contributed by atoms with Gasteiger partial charge in [-0.25, -0.2) is 9.78 Å². The van der Waals surface area contributed by atoms with E-state index >= 15 is 0 Å². The maximum Gasteiger partial charge on any atom is 0.319 e. The zero-order chi connectivity index (χ0) is 15.8. The van der Waals surface area contributed by atoms with E-state index in [1.165, 1.54) is 13.4 Å². The average molecular weight is 297 g/mol. The Kier molecular flexibility index (Phi) is 6.67. The normalized spacial score (nSPS) is 11.7. The van der Waals surface area contributed by atoms with E-state index in [0.29, 0.717) is 24.0 Å². The zero-order valence-corrected chi connectivity index (χ0v) is 13.1. The number of anilines is 2. The molecule has 0 saturated heterocycles. The number of nitrogens with one attached hydrogen (secondary N) is 2. The van der Waals surface area contributed by atoms with Crippen LogP contribution >= 0.6 is 0 Å². The predicted octanol–water partition coefficient (Wildman–Crippen LogP) is 1.10. The van der Waals surface area contributed by atoms with E-state index in [4.69, 9.17) is 9.47 Å². The largest absolute Gasteiger partial charge is 0.479 e. The molecule has 0 aliphatic heterocycles. The Hall–Kier alpha value is -2.09. The fourth-order valence-corrected chi connectivity index (χ4v) is 1.70. The molecule has 0 saturated carbocycles. The van der Waals surface area contributed by atoms with Gasteiger partial charge in [-0.15, -0.1) is 0 Å². The molecule has 1 heterocycles. The number of carbonyl (C=O) groups excluding carboxylic acids is 1. The lowest BCUT2D eigenvalue weighted by molar-refractivity contribution is 0.185. The maximum absolute atomic E-state index is 12.0. The molecule has 1 rings (SSSR count). The van der Waals surface area contributed by atoms with Crippen LogP contribution in [0.4, 0.5) is 16.3 Å². The summed E-state index contributed by atoms with van der Waals surface area (Å²) in [6, 6.07) is -0.349. The van der Waals surface area contributed by atoms with Crippen LogP contribution in [-0.4, -0.2) is 57.0 Å². The van der Waals surface area contributed by atoms with Crippen LogP contribution in [0, 0.1) is 0 Å². The smallest absolute Gasteiger partial charge is 0.319 e. The van der Waals surface area contributed by atoms with Crippen molar-refractivity contribution in [2.75, 3.05) is 45.1 Å². The first-order valence-corrected chi connectivity index (χ1v) is 6.62. The van der Waals surface area contributed by atoms with Crippen LogP contribution in [0.5, 0.6) is 5.88 Å². The molecular weight excluding hydrogens is 274 g/mol. The van der Waals surface area contributed by atoms with Crippen LogP contribution in [0.1, 0.15) is 13.3 Å². The summed E-state index contributed by atoms with van der Waals surface area (Å²) in [7, 11) is 6.77. The van der Waals surface area contributed by atoms with Crippen molar-refractivity contribution < 1.29 is 14.3 Å². The minimum Gasteiger partial charge on any atom is -0.479 e. The molecule has 8 heteroatoms. The minimum atomic E-state index is -0.338. The quantitative estimate of drug-likeness (QED) is 0.783. The van der Waals surface area contributed by atoms with E-state index in [9.17, 15) is 4.79 Å². The third-order valence-corrected chi connectivity index (χ3v) is 2.78. The highest BCUT2D eigenvalue weighted by Gasteiger charge is 2.17. The Morgan fingerprint density at radius 2 is 2.10 bits per heavy atom. The van der Waals surface area contributed by atoms with Crippen molar-refractivity contribution in [3.63, 3.8) is 0 Å². The summed E-state index contributed by atoms with van der Waals surface area (Å²) in [5, 5.41) is 5.56. The van der Waals surface area contributed by atoms with E-state index in [1.807, 2.05) is 21.0 Å². The predicted molar refractivity (Wildman–Crippen MR) is 81.0 cm³/mol. The standard InChI is InChI=1S/C13H23N5O3/c1-9(6-7-20-4)16-13(19)17-10-11(18(2)3)14-8-15-12(10)21-5/h8-9H,6-7H2,1-5H3,(H2,16,17,19)/t9-/m1/s1. The molecule has 0 fully saturated rings. The van der Waals surface area contributed by atoms with Crippen LogP contribution in [0.15, 0.2) is 6.33 Å². The molecule has 1 aromatic heterocycles. The number of hydrogen-bond donors (Lipinski definition) is 2. The Bertz CT molecular complexity index is 467. The average Bonchev–Trinajstić information content (AvgIpc) is 2.44. The molecule has 2 amide bonds. The molecule has 8 nitrogen and oxygen atoms in total. The molecular formula is C13H23N5O3. The lowest BCUT2D eigenvalue weighted by Gasteiger charge is -2.19. The highest BCUT2D eigenvalue weighted by molar-refractivity contribution is 5.94. The van der Waals surface area contributed by atoms with E-state index in [-0.39, 0.29) is 12.1 Å². The Morgan fingerprint density at radius 1 is 1.38 bits per heavy atom. The van der Waals surface area contributed by atoms with Gasteiger partial charge < -0.3 is 25.0 Å². The van der Waals surface area contributed by atoms with E-state index in [0.717, 1.165) is 6.42 Å². The zero-order valence-electron chi connectivity index (χ0n) is 13.1. The van der Waals surface area contributed by atoms with Crippen molar-refractivity contribution in [3.8, 4) is 5.88 Å². The lowest BCUT2D eigenvalue weighted by atomic mass is 10.2. The van der Waals surface area contributed by atoms with Crippen molar-refractivity contribution in [2.45, 2.75) is 19.4 Å². The second kappa shape index (κ2) is 8.25. The number of amides is 2. The lowest BCUT2D eigenvalue weighted by Crippen LogP contribution is -2.37. The van der Waals surface area contributed by atoms with Gasteiger partial charge in [0.05, 0.1) is 7.11 Å². The van der Waals surface area contributed by atoms with Gasteiger partial charge in [0.1, 0.15) is 12.0 Å². The summed E-state index contributed by atoms with van der Waals surface area (Å²) < 4.78 is 10.1. The number of aromatic nitrogens is 2. The van der Waals surface area contributed by atoms with Crippen molar-refractivity contribution in [1.29, 1.82) is 0 Å². The summed E-state index contributed by atoms with van der Waals surface area (Å²) in [6.45, 7) is 2.49. The summed E-state index contributed by atoms with van der Waals surface area (Å²) in [6.07, 6.45) is 2.12. The minimum absolute atomic E-state index is 0.0108. The van der Waals surface area contributed by atoms with Crippen LogP contribution in [-0.2, 0) is 4.74 Å². The first-order chi connectivity index (χ1) is 9.99. The van der Waals surface area contributed by atoms with Gasteiger partial charge >= 0.3 is 6.03 Å². The highest BCUT2D eigenvalue weighted by Crippen LogP contribution is 2.29. The van der Waals surface area contributed by atoms with Crippen molar-refractivity contribution in [3.05, 3.63) is 6.33 Å². The first-order valence-electron chi connectivity index (χ1n) is 6.62. The second-order valence-corrected chi connectivity index (χ2v) is 4.76. The van der Waals surface area contributed by atoms with Gasteiger partial charge in [0.2, 0.25) is 5.88 Å². The molecule has 0 unspecified atom stereocenters. The van der Waals surface area contributed by atoms with E-state index < -0.39 is 0 Å². The first kappa shape index (κ1) is 17.0. The van der Waals surface area contributed by atoms with Crippen molar-refractivity contribution in [1.82, 2.24) is 15.3 Å². The maximum atomic E-state index is 12.0. The van der Waals surface area contributed by atoms with Gasteiger partial charge in [-0.05, 0) is 13.3 Å². The number of hydrogen-bond acceptors (Lipinski definition) is 6. The number of rotatable bonds is 7. The third-order valence-electron chi connectivity index (χ3n) is 2.78. The van der Waals surface area contributed by atoms with Crippen molar-refractivity contribution in [2.24, 2.45) is 0 Å². The topological polar surface area (TPSA) is 88.6 Å². The second-order valence-electron chi connectivity index (χ2n) is 4.76. The van der Waals surface area contributed by atoms with Gasteiger partial charge in [-0.2, -0.15) is 4.98 Å². The fourth-order valence-electron chi connectivity index (χ4n) is 1.70. The van der Waals surface area contributed by atoms with Gasteiger partial charge in [-0.1, -0.05) is 0 Å². The fraction of sp³-hybridized carbons (Fsp3) is 0.615. The molecule has 0 radical (unpaired) electrons. The van der Waals surface area contributed by atoms with Gasteiger partial charge in [0.15, 0.2) is 5.82 Å². The monoisotopic (exact) mass is 297 g/mol. The SMILES string of the molecule is COCC[C@@H](C)NC(=O)Nc1c(OC)ncnc1N(C)C. The number of ether oxygens (including phenoxy) is 2. The van der Waals surface area contributed by atoms with Crippen LogP contribution in [0.25, 0.3) is 0 Å². The van der Waals surface area contributed by atoms with E-state index in [1.54, 1.807) is 12.0 Å². The molecule has 21 heavy (non-hydrogen) atoms. The Labute approximate surface area is 124 Å². The van der Waals surface area contributed by atoms with Crippen LogP contribution < -0.4 is 20.3 Å². The number of carbonyl (C=O) groups is 1. The van der Waals surface area contributed by atoms with E-state index in [2.05, 4.69) is 20.6 Å². The van der Waals surface area contributed by atoms with Crippen LogP contribution in [0.3, 0.4) is 0 Å². The van der Waals surface area contributed by atoms with Gasteiger partial charge in [-0.3, -0.25) is 0 Å². The summed E-state index contributed by atoms with van der Waals surface area (Å²) in [5.41, 5.74) is 0.432. The van der Waals surface area contributed by atoms with Gasteiger partial charge in [0.25, 0.3) is 0 Å². The van der Waals surface area contributed by atoms with Gasteiger partial charge in [0, 0.05) is 33.9 Å². The number of urea groups is 1. The molecule has 0 aliphatic rings. The van der Waals surface area contributed by atoms with Crippen LogP contribution in [0.2, 0.25) is 0 Å². The molecule has 1 atom stereocenters. The highest BCUT2D eigenvalue weighted by atomic mass is 16.5. The molecule has 2 N–H and O–H groups in total. The summed E-state index contributed by atoms with van der Waals surface area (Å²) >= 11 is 0. The number of methoxy groups -OCH3 is 2. The molecule has 118 valence electrons. The third kappa shape index (κ3) is 5.07. The van der Waals surface area contributed by atoms with Crippen molar-refractivity contribution >= 4 is 17.5 Å². The Morgan fingerprint density at radius 3 is 2.67 bits per heavy atom. The summed E-state index contributed by atoms with van der Waals surface area (Å²) in [4.78, 5) is 21.9. The molecule has 0 aliphatic carbocycles.